The van der Waals surface area contributed by atoms with Crippen LogP contribution in [0, 0.1) is 5.92 Å². The topological polar surface area (TPSA) is 0 Å². The van der Waals surface area contributed by atoms with Crippen LogP contribution in [0.2, 0.25) is 0 Å². The number of aryl methyl sites for hydroxylation is 1. The van der Waals surface area contributed by atoms with Gasteiger partial charge in [0.05, 0.1) is 0 Å². The number of hydrogen-bond donors (Lipinski definition) is 0. The number of benzene rings is 3. The monoisotopic (exact) mass is 422 g/mol. The smallest absolute Gasteiger partial charge is 0.0162 e. The molecule has 1 aliphatic carbocycles. The Hall–Kier alpha value is -2.60. The van der Waals surface area contributed by atoms with E-state index in [1.807, 2.05) is 0 Å². The Morgan fingerprint density at radius 3 is 2.03 bits per heavy atom. The van der Waals surface area contributed by atoms with Crippen LogP contribution < -0.4 is 0 Å². The Morgan fingerprint density at radius 2 is 1.41 bits per heavy atom. The summed E-state index contributed by atoms with van der Waals surface area (Å²) in [4.78, 5) is 0. The lowest BCUT2D eigenvalue weighted by Crippen LogP contribution is -2.15. The van der Waals surface area contributed by atoms with E-state index in [0.717, 1.165) is 24.7 Å². The van der Waals surface area contributed by atoms with Gasteiger partial charge in [0.1, 0.15) is 0 Å². The summed E-state index contributed by atoms with van der Waals surface area (Å²) in [5.41, 5.74) is 7.10. The van der Waals surface area contributed by atoms with E-state index in [1.165, 1.54) is 59.9 Å². The van der Waals surface area contributed by atoms with Crippen LogP contribution in [0.1, 0.15) is 80.9 Å². The lowest BCUT2D eigenvalue weighted by atomic mass is 9.75. The highest BCUT2D eigenvalue weighted by Crippen LogP contribution is 2.40. The molecule has 0 saturated heterocycles. The molecule has 1 atom stereocenters. The molecule has 166 valence electrons. The van der Waals surface area contributed by atoms with E-state index in [4.69, 9.17) is 0 Å². The molecular weight excluding hydrogens is 384 g/mol. The van der Waals surface area contributed by atoms with Crippen LogP contribution in [0.15, 0.2) is 91.0 Å². The first-order chi connectivity index (χ1) is 15.7. The summed E-state index contributed by atoms with van der Waals surface area (Å²) in [7, 11) is 0. The molecule has 0 spiro atoms. The molecule has 0 N–H and O–H groups in total. The van der Waals surface area contributed by atoms with Crippen molar-refractivity contribution in [2.45, 2.75) is 70.6 Å². The van der Waals surface area contributed by atoms with Gasteiger partial charge in [-0.2, -0.15) is 0 Å². The first kappa shape index (κ1) is 22.6. The van der Waals surface area contributed by atoms with E-state index >= 15 is 0 Å². The molecule has 0 aromatic heterocycles. The number of hydrogen-bond acceptors (Lipinski definition) is 0. The van der Waals surface area contributed by atoms with Crippen molar-refractivity contribution in [1.29, 1.82) is 0 Å². The molecule has 0 aliphatic heterocycles. The molecule has 0 nitrogen and oxygen atoms in total. The van der Waals surface area contributed by atoms with E-state index in [9.17, 15) is 0 Å². The summed E-state index contributed by atoms with van der Waals surface area (Å²) in [6.07, 6.45) is 13.4. The fraction of sp³-hybridized carbons (Fsp3) is 0.375. The zero-order chi connectivity index (χ0) is 22.2. The fourth-order valence-corrected chi connectivity index (χ4v) is 5.38. The minimum Gasteiger partial charge on any atom is -0.0917 e. The standard InChI is InChI=1S/C32H38/c1-3-4-6-9-26-12-16-29(17-13-26)31-20-22-32(23-21-31)30-18-14-27(15-19-30)24-25(2)28-10-7-5-8-11-28/h3-5,7-8,10-13,16-17,20-23,25,27,30H,6,9,14-15,18-19,24H2,1-2H3/t25-,27?,30?/m1/s1. The first-order valence-electron chi connectivity index (χ1n) is 12.6. The molecule has 0 unspecified atom stereocenters. The van der Waals surface area contributed by atoms with E-state index in [0.29, 0.717) is 5.92 Å². The van der Waals surface area contributed by atoms with Gasteiger partial charge in [-0.1, -0.05) is 97.9 Å². The SMILES string of the molecule is CC=CCCc1ccc(-c2ccc(C3CCC(C[C@@H](C)c4ccccc4)CC3)cc2)cc1. The van der Waals surface area contributed by atoms with Crippen molar-refractivity contribution in [3.63, 3.8) is 0 Å². The van der Waals surface area contributed by atoms with Gasteiger partial charge in [0.15, 0.2) is 0 Å². The third kappa shape index (κ3) is 6.00. The van der Waals surface area contributed by atoms with E-state index in [-0.39, 0.29) is 0 Å². The highest BCUT2D eigenvalue weighted by Gasteiger charge is 2.24. The Balaban J connectivity index is 1.29. The predicted molar refractivity (Wildman–Crippen MR) is 139 cm³/mol. The Bertz CT molecular complexity index is 955. The van der Waals surface area contributed by atoms with Gasteiger partial charge in [0, 0.05) is 0 Å². The highest BCUT2D eigenvalue weighted by atomic mass is 14.3. The van der Waals surface area contributed by atoms with Gasteiger partial charge in [-0.15, -0.1) is 0 Å². The maximum absolute atomic E-state index is 2.40. The summed E-state index contributed by atoms with van der Waals surface area (Å²) in [6, 6.07) is 29.6. The van der Waals surface area contributed by atoms with Crippen molar-refractivity contribution < 1.29 is 0 Å². The largest absolute Gasteiger partial charge is 0.0917 e. The zero-order valence-corrected chi connectivity index (χ0v) is 19.8. The maximum Gasteiger partial charge on any atom is -0.0162 e. The third-order valence-corrected chi connectivity index (χ3v) is 7.41. The second-order valence-corrected chi connectivity index (χ2v) is 9.69. The van der Waals surface area contributed by atoms with Gasteiger partial charge >= 0.3 is 0 Å². The normalized spacial score (nSPS) is 19.8. The molecule has 1 aliphatic rings. The summed E-state index contributed by atoms with van der Waals surface area (Å²) < 4.78 is 0. The van der Waals surface area contributed by atoms with Crippen molar-refractivity contribution in [3.8, 4) is 11.1 Å². The van der Waals surface area contributed by atoms with E-state index < -0.39 is 0 Å². The second-order valence-electron chi connectivity index (χ2n) is 9.69. The van der Waals surface area contributed by atoms with Crippen LogP contribution >= 0.6 is 0 Å². The van der Waals surface area contributed by atoms with Gasteiger partial charge < -0.3 is 0 Å². The lowest BCUT2D eigenvalue weighted by Gasteiger charge is -2.30. The zero-order valence-electron chi connectivity index (χ0n) is 19.8. The summed E-state index contributed by atoms with van der Waals surface area (Å²) >= 11 is 0. The van der Waals surface area contributed by atoms with Crippen LogP contribution in [-0.4, -0.2) is 0 Å². The lowest BCUT2D eigenvalue weighted by molar-refractivity contribution is 0.297. The van der Waals surface area contributed by atoms with Crippen molar-refractivity contribution >= 4 is 0 Å². The van der Waals surface area contributed by atoms with Gasteiger partial charge in [0.2, 0.25) is 0 Å². The van der Waals surface area contributed by atoms with Crippen molar-refractivity contribution in [3.05, 3.63) is 108 Å². The quantitative estimate of drug-likeness (QED) is 0.317. The summed E-state index contributed by atoms with van der Waals surface area (Å²) in [5, 5.41) is 0. The van der Waals surface area contributed by atoms with Crippen LogP contribution in [0.5, 0.6) is 0 Å². The summed E-state index contributed by atoms with van der Waals surface area (Å²) in [6.45, 7) is 4.49. The van der Waals surface area contributed by atoms with E-state index in [1.54, 1.807) is 0 Å². The highest BCUT2D eigenvalue weighted by molar-refractivity contribution is 5.64. The molecule has 3 aromatic carbocycles. The average molecular weight is 423 g/mol. The first-order valence-corrected chi connectivity index (χ1v) is 12.6. The molecule has 32 heavy (non-hydrogen) atoms. The fourth-order valence-electron chi connectivity index (χ4n) is 5.38. The minimum absolute atomic E-state index is 0.673. The maximum atomic E-state index is 2.40. The van der Waals surface area contributed by atoms with Crippen LogP contribution in [-0.2, 0) is 6.42 Å². The van der Waals surface area contributed by atoms with E-state index in [2.05, 4.69) is 105 Å². The van der Waals surface area contributed by atoms with Gasteiger partial charge in [0.25, 0.3) is 0 Å². The number of rotatable bonds is 8. The average Bonchev–Trinajstić information content (AvgIpc) is 2.86. The van der Waals surface area contributed by atoms with Crippen LogP contribution in [0.4, 0.5) is 0 Å². The number of allylic oxidation sites excluding steroid dienone is 2. The Morgan fingerprint density at radius 1 is 0.781 bits per heavy atom. The molecule has 0 amide bonds. The van der Waals surface area contributed by atoms with Crippen LogP contribution in [0.25, 0.3) is 11.1 Å². The van der Waals surface area contributed by atoms with Gasteiger partial charge in [-0.3, -0.25) is 0 Å². The molecule has 4 rings (SSSR count). The molecule has 0 bridgehead atoms. The Labute approximate surface area is 195 Å². The molecule has 1 fully saturated rings. The van der Waals surface area contributed by atoms with Gasteiger partial charge in [-0.05, 0) is 97.4 Å². The molecular formula is C32H38. The summed E-state index contributed by atoms with van der Waals surface area (Å²) in [5.74, 6) is 2.29. The molecule has 0 radical (unpaired) electrons. The molecule has 0 heteroatoms. The van der Waals surface area contributed by atoms with Crippen LogP contribution in [0.3, 0.4) is 0 Å². The predicted octanol–water partition coefficient (Wildman–Crippen LogP) is 9.33. The second kappa shape index (κ2) is 11.3. The van der Waals surface area contributed by atoms with Crippen molar-refractivity contribution in [1.82, 2.24) is 0 Å². The van der Waals surface area contributed by atoms with Crippen molar-refractivity contribution in [2.75, 3.05) is 0 Å². The van der Waals surface area contributed by atoms with Crippen molar-refractivity contribution in [2.24, 2.45) is 5.92 Å². The molecule has 3 aromatic rings. The van der Waals surface area contributed by atoms with Gasteiger partial charge in [-0.25, -0.2) is 0 Å². The third-order valence-electron chi connectivity index (χ3n) is 7.41. The molecule has 0 heterocycles. The minimum atomic E-state index is 0.673. The Kier molecular flexibility index (Phi) is 7.99. The molecule has 1 saturated carbocycles.